The van der Waals surface area contributed by atoms with Gasteiger partial charge in [0.15, 0.2) is 0 Å². The first-order chi connectivity index (χ1) is 8.56. The highest BCUT2D eigenvalue weighted by molar-refractivity contribution is 7.11. The van der Waals surface area contributed by atoms with Gasteiger partial charge in [-0.05, 0) is 33.3 Å². The molecule has 2 nitrogen and oxygen atoms in total. The molecule has 0 spiro atoms. The largest absolute Gasteiger partial charge is 0.302 e. The van der Waals surface area contributed by atoms with Crippen LogP contribution in [0.3, 0.4) is 0 Å². The average molecular weight is 260 g/mol. The molecule has 3 heteroatoms. The lowest BCUT2D eigenvalue weighted by molar-refractivity contribution is 0.493. The lowest BCUT2D eigenvalue weighted by Crippen LogP contribution is -2.22. The van der Waals surface area contributed by atoms with Crippen molar-refractivity contribution in [1.29, 1.82) is 0 Å². The summed E-state index contributed by atoms with van der Waals surface area (Å²) in [4.78, 5) is 5.70. The van der Waals surface area contributed by atoms with Crippen molar-refractivity contribution >= 4 is 11.3 Å². The summed E-state index contributed by atoms with van der Waals surface area (Å²) in [5.74, 6) is 0. The van der Waals surface area contributed by atoms with E-state index < -0.39 is 0 Å². The van der Waals surface area contributed by atoms with Crippen molar-refractivity contribution in [1.82, 2.24) is 10.3 Å². The van der Waals surface area contributed by atoms with Crippen LogP contribution in [0.5, 0.6) is 0 Å². The number of aromatic nitrogens is 1. The summed E-state index contributed by atoms with van der Waals surface area (Å²) < 4.78 is 0. The molecule has 96 valence electrons. The molecule has 0 aliphatic rings. The third kappa shape index (κ3) is 3.18. The Kier molecular flexibility index (Phi) is 4.15. The minimum atomic E-state index is 0.291. The SMILES string of the molecule is Cc1cccc(C(C)NC(C)c2ncc(C)s2)c1. The van der Waals surface area contributed by atoms with Gasteiger partial charge in [-0.2, -0.15) is 0 Å². The highest BCUT2D eigenvalue weighted by atomic mass is 32.1. The van der Waals surface area contributed by atoms with E-state index in [9.17, 15) is 0 Å². The number of thiazole rings is 1. The summed E-state index contributed by atoms with van der Waals surface area (Å²) in [7, 11) is 0. The van der Waals surface area contributed by atoms with Crippen LogP contribution in [-0.2, 0) is 0 Å². The lowest BCUT2D eigenvalue weighted by Gasteiger charge is -2.19. The van der Waals surface area contributed by atoms with Crippen LogP contribution in [0.4, 0.5) is 0 Å². The summed E-state index contributed by atoms with van der Waals surface area (Å²) in [5, 5.41) is 4.76. The Hall–Kier alpha value is -1.19. The molecule has 0 bridgehead atoms. The van der Waals surface area contributed by atoms with Gasteiger partial charge in [-0.15, -0.1) is 11.3 Å². The first kappa shape index (κ1) is 13.2. The topological polar surface area (TPSA) is 24.9 Å². The van der Waals surface area contributed by atoms with Crippen LogP contribution in [0.2, 0.25) is 0 Å². The molecule has 0 saturated carbocycles. The zero-order chi connectivity index (χ0) is 13.1. The molecule has 1 heterocycles. The van der Waals surface area contributed by atoms with Gasteiger partial charge in [-0.25, -0.2) is 4.98 Å². The van der Waals surface area contributed by atoms with Crippen LogP contribution in [0, 0.1) is 13.8 Å². The van der Waals surface area contributed by atoms with Crippen LogP contribution in [-0.4, -0.2) is 4.98 Å². The predicted octanol–water partition coefficient (Wildman–Crippen LogP) is 4.17. The number of rotatable bonds is 4. The van der Waals surface area contributed by atoms with E-state index in [1.165, 1.54) is 16.0 Å². The lowest BCUT2D eigenvalue weighted by atomic mass is 10.1. The first-order valence-corrected chi connectivity index (χ1v) is 7.13. The zero-order valence-corrected chi connectivity index (χ0v) is 12.2. The number of hydrogen-bond acceptors (Lipinski definition) is 3. The van der Waals surface area contributed by atoms with Gasteiger partial charge < -0.3 is 5.32 Å². The van der Waals surface area contributed by atoms with Gasteiger partial charge in [0, 0.05) is 17.1 Å². The molecule has 1 aromatic heterocycles. The van der Waals surface area contributed by atoms with Gasteiger partial charge in [0.05, 0.1) is 6.04 Å². The fourth-order valence-electron chi connectivity index (χ4n) is 2.05. The van der Waals surface area contributed by atoms with Gasteiger partial charge in [0.25, 0.3) is 0 Å². The Balaban J connectivity index is 2.05. The molecule has 2 rings (SSSR count). The second kappa shape index (κ2) is 5.63. The van der Waals surface area contributed by atoms with E-state index in [1.807, 2.05) is 6.20 Å². The third-order valence-electron chi connectivity index (χ3n) is 3.05. The Bertz CT molecular complexity index is 519. The van der Waals surface area contributed by atoms with Gasteiger partial charge in [0.2, 0.25) is 0 Å². The Morgan fingerprint density at radius 3 is 2.56 bits per heavy atom. The van der Waals surface area contributed by atoms with Gasteiger partial charge in [0.1, 0.15) is 5.01 Å². The smallest absolute Gasteiger partial charge is 0.109 e. The van der Waals surface area contributed by atoms with Crippen LogP contribution in [0.15, 0.2) is 30.5 Å². The van der Waals surface area contributed by atoms with E-state index in [-0.39, 0.29) is 0 Å². The van der Waals surface area contributed by atoms with E-state index in [0.29, 0.717) is 12.1 Å². The molecular formula is C15H20N2S. The van der Waals surface area contributed by atoms with Crippen LogP contribution >= 0.6 is 11.3 Å². The number of nitrogens with one attached hydrogen (secondary N) is 1. The predicted molar refractivity (Wildman–Crippen MR) is 78.0 cm³/mol. The summed E-state index contributed by atoms with van der Waals surface area (Å²) in [6.45, 7) is 8.60. The summed E-state index contributed by atoms with van der Waals surface area (Å²) in [5.41, 5.74) is 2.63. The van der Waals surface area contributed by atoms with Gasteiger partial charge >= 0.3 is 0 Å². The molecule has 0 saturated heterocycles. The maximum atomic E-state index is 4.44. The van der Waals surface area contributed by atoms with Crippen molar-refractivity contribution in [3.05, 3.63) is 51.5 Å². The number of hydrogen-bond donors (Lipinski definition) is 1. The zero-order valence-electron chi connectivity index (χ0n) is 11.4. The van der Waals surface area contributed by atoms with Crippen LogP contribution < -0.4 is 5.32 Å². The minimum Gasteiger partial charge on any atom is -0.302 e. The molecule has 0 aliphatic heterocycles. The molecule has 2 unspecified atom stereocenters. The third-order valence-corrected chi connectivity index (χ3v) is 4.15. The first-order valence-electron chi connectivity index (χ1n) is 6.31. The quantitative estimate of drug-likeness (QED) is 0.892. The van der Waals surface area contributed by atoms with Crippen molar-refractivity contribution in [3.8, 4) is 0 Å². The fraction of sp³-hybridized carbons (Fsp3) is 0.400. The molecule has 0 aliphatic carbocycles. The normalized spacial score (nSPS) is 14.4. The highest BCUT2D eigenvalue weighted by Gasteiger charge is 2.13. The molecule has 0 radical (unpaired) electrons. The van der Waals surface area contributed by atoms with Crippen molar-refractivity contribution in [2.24, 2.45) is 0 Å². The molecule has 18 heavy (non-hydrogen) atoms. The second-order valence-electron chi connectivity index (χ2n) is 4.83. The van der Waals surface area contributed by atoms with Crippen molar-refractivity contribution in [3.63, 3.8) is 0 Å². The maximum absolute atomic E-state index is 4.44. The highest BCUT2D eigenvalue weighted by Crippen LogP contribution is 2.23. The van der Waals surface area contributed by atoms with Crippen LogP contribution in [0.1, 0.15) is 46.9 Å². The van der Waals surface area contributed by atoms with E-state index in [2.05, 4.69) is 62.3 Å². The van der Waals surface area contributed by atoms with E-state index in [0.717, 1.165) is 5.01 Å². The molecular weight excluding hydrogens is 240 g/mol. The van der Waals surface area contributed by atoms with Gasteiger partial charge in [-0.3, -0.25) is 0 Å². The minimum absolute atomic E-state index is 0.291. The Morgan fingerprint density at radius 1 is 1.17 bits per heavy atom. The molecule has 2 aromatic rings. The molecule has 0 amide bonds. The number of benzene rings is 1. The van der Waals surface area contributed by atoms with Crippen molar-refractivity contribution in [2.75, 3.05) is 0 Å². The Labute approximate surface area is 113 Å². The fourth-order valence-corrected chi connectivity index (χ4v) is 2.84. The summed E-state index contributed by atoms with van der Waals surface area (Å²) in [6, 6.07) is 9.27. The van der Waals surface area contributed by atoms with E-state index in [4.69, 9.17) is 0 Å². The van der Waals surface area contributed by atoms with Crippen molar-refractivity contribution < 1.29 is 0 Å². The Morgan fingerprint density at radius 2 is 1.94 bits per heavy atom. The van der Waals surface area contributed by atoms with E-state index in [1.54, 1.807) is 11.3 Å². The second-order valence-corrected chi connectivity index (χ2v) is 6.10. The monoisotopic (exact) mass is 260 g/mol. The molecule has 1 aromatic carbocycles. The van der Waals surface area contributed by atoms with E-state index >= 15 is 0 Å². The number of nitrogens with zero attached hydrogens (tertiary/aromatic N) is 1. The molecule has 0 fully saturated rings. The molecule has 1 N–H and O–H groups in total. The summed E-state index contributed by atoms with van der Waals surface area (Å²) in [6.07, 6.45) is 1.94. The summed E-state index contributed by atoms with van der Waals surface area (Å²) >= 11 is 1.76. The standard InChI is InChI=1S/C15H20N2S/c1-10-6-5-7-14(8-10)12(3)17-13(4)15-16-9-11(2)18-15/h5-9,12-13,17H,1-4H3. The van der Waals surface area contributed by atoms with Crippen molar-refractivity contribution in [2.45, 2.75) is 39.8 Å². The van der Waals surface area contributed by atoms with Gasteiger partial charge in [-0.1, -0.05) is 29.8 Å². The van der Waals surface area contributed by atoms with Crippen LogP contribution in [0.25, 0.3) is 0 Å². The number of aryl methyl sites for hydroxylation is 2. The maximum Gasteiger partial charge on any atom is 0.109 e. The average Bonchev–Trinajstić information content (AvgIpc) is 2.76. The molecule has 2 atom stereocenters.